The zero-order valence-electron chi connectivity index (χ0n) is 16.3. The van der Waals surface area contributed by atoms with Crippen molar-refractivity contribution < 1.29 is 14.3 Å². The predicted octanol–water partition coefficient (Wildman–Crippen LogP) is 3.00. The van der Waals surface area contributed by atoms with E-state index in [0.29, 0.717) is 26.2 Å². The van der Waals surface area contributed by atoms with E-state index >= 15 is 0 Å². The number of rotatable bonds is 2. The molecule has 1 aliphatic rings. The van der Waals surface area contributed by atoms with Crippen molar-refractivity contribution in [2.45, 2.75) is 46.5 Å². The van der Waals surface area contributed by atoms with E-state index in [1.807, 2.05) is 28.9 Å². The summed E-state index contributed by atoms with van der Waals surface area (Å²) in [5, 5.41) is 0. The van der Waals surface area contributed by atoms with Crippen molar-refractivity contribution in [2.75, 3.05) is 33.3 Å². The minimum atomic E-state index is -0.113. The SMILES string of the molecule is COc1cc(C)c(C(=O)N2CCCN(C(C)=O)CC2)cc1C(C)(C)C. The highest BCUT2D eigenvalue weighted by Crippen LogP contribution is 2.34. The third kappa shape index (κ3) is 4.33. The number of hydrogen-bond donors (Lipinski definition) is 0. The minimum absolute atomic E-state index is 0.0380. The summed E-state index contributed by atoms with van der Waals surface area (Å²) in [4.78, 5) is 28.4. The number of nitrogens with zero attached hydrogens (tertiary/aromatic N) is 2. The van der Waals surface area contributed by atoms with Crippen LogP contribution in [0.25, 0.3) is 0 Å². The average molecular weight is 346 g/mol. The Labute approximate surface area is 150 Å². The number of carbonyl (C=O) groups excluding carboxylic acids is 2. The molecule has 0 spiro atoms. The van der Waals surface area contributed by atoms with Crippen molar-refractivity contribution in [3.8, 4) is 5.75 Å². The standard InChI is InChI=1S/C20H30N2O3/c1-14-12-18(25-6)17(20(3,4)5)13-16(14)19(24)22-9-7-8-21(10-11-22)15(2)23/h12-13H,7-11H2,1-6H3. The molecule has 0 saturated carbocycles. The number of hydrogen-bond acceptors (Lipinski definition) is 3. The summed E-state index contributed by atoms with van der Waals surface area (Å²) in [6.07, 6.45) is 0.812. The fourth-order valence-electron chi connectivity index (χ4n) is 3.27. The van der Waals surface area contributed by atoms with Gasteiger partial charge in [-0.2, -0.15) is 0 Å². The van der Waals surface area contributed by atoms with Gasteiger partial charge in [-0.1, -0.05) is 20.8 Å². The summed E-state index contributed by atoms with van der Waals surface area (Å²) in [5.74, 6) is 0.932. The van der Waals surface area contributed by atoms with Crippen molar-refractivity contribution >= 4 is 11.8 Å². The van der Waals surface area contributed by atoms with E-state index < -0.39 is 0 Å². The van der Waals surface area contributed by atoms with Crippen LogP contribution in [0.15, 0.2) is 12.1 Å². The molecular weight excluding hydrogens is 316 g/mol. The van der Waals surface area contributed by atoms with Crippen molar-refractivity contribution in [1.29, 1.82) is 0 Å². The van der Waals surface area contributed by atoms with Gasteiger partial charge in [0, 0.05) is 44.2 Å². The number of amides is 2. The lowest BCUT2D eigenvalue weighted by Crippen LogP contribution is -2.37. The Balaban J connectivity index is 2.31. The van der Waals surface area contributed by atoms with Gasteiger partial charge in [0.1, 0.15) is 5.75 Å². The van der Waals surface area contributed by atoms with Crippen LogP contribution in [0, 0.1) is 6.92 Å². The third-order valence-corrected chi connectivity index (χ3v) is 4.81. The molecule has 2 rings (SSSR count). The largest absolute Gasteiger partial charge is 0.496 e. The molecule has 0 radical (unpaired) electrons. The van der Waals surface area contributed by atoms with E-state index in [2.05, 4.69) is 20.8 Å². The van der Waals surface area contributed by atoms with Gasteiger partial charge in [0.2, 0.25) is 5.91 Å². The first-order chi connectivity index (χ1) is 11.6. The van der Waals surface area contributed by atoms with Crippen LogP contribution in [0.4, 0.5) is 0 Å². The van der Waals surface area contributed by atoms with Gasteiger partial charge in [0.15, 0.2) is 0 Å². The quantitative estimate of drug-likeness (QED) is 0.827. The van der Waals surface area contributed by atoms with Crippen LogP contribution < -0.4 is 4.74 Å². The van der Waals surface area contributed by atoms with E-state index in [9.17, 15) is 9.59 Å². The van der Waals surface area contributed by atoms with Crippen LogP contribution >= 0.6 is 0 Å². The zero-order chi connectivity index (χ0) is 18.8. The zero-order valence-corrected chi connectivity index (χ0v) is 16.3. The molecular formula is C20H30N2O3. The lowest BCUT2D eigenvalue weighted by atomic mass is 9.84. The maximum Gasteiger partial charge on any atom is 0.254 e. The summed E-state index contributed by atoms with van der Waals surface area (Å²) < 4.78 is 5.52. The molecule has 1 heterocycles. The van der Waals surface area contributed by atoms with Crippen molar-refractivity contribution in [3.63, 3.8) is 0 Å². The molecule has 2 amide bonds. The average Bonchev–Trinajstić information content (AvgIpc) is 2.78. The van der Waals surface area contributed by atoms with E-state index in [1.165, 1.54) is 0 Å². The van der Waals surface area contributed by atoms with E-state index in [0.717, 1.165) is 28.9 Å². The van der Waals surface area contributed by atoms with Crippen LogP contribution in [0.1, 0.15) is 55.6 Å². The lowest BCUT2D eigenvalue weighted by molar-refractivity contribution is -0.128. The maximum absolute atomic E-state index is 13.1. The molecule has 5 heteroatoms. The molecule has 0 N–H and O–H groups in total. The Morgan fingerprint density at radius 1 is 1.04 bits per heavy atom. The van der Waals surface area contributed by atoms with Crippen molar-refractivity contribution in [3.05, 3.63) is 28.8 Å². The number of methoxy groups -OCH3 is 1. The van der Waals surface area contributed by atoms with Crippen LogP contribution in [0.3, 0.4) is 0 Å². The highest BCUT2D eigenvalue weighted by molar-refractivity contribution is 5.96. The van der Waals surface area contributed by atoms with Gasteiger partial charge in [-0.25, -0.2) is 0 Å². The molecule has 25 heavy (non-hydrogen) atoms. The summed E-state index contributed by atoms with van der Waals surface area (Å²) in [5.41, 5.74) is 2.56. The predicted molar refractivity (Wildman–Crippen MR) is 99.2 cm³/mol. The van der Waals surface area contributed by atoms with Gasteiger partial charge < -0.3 is 14.5 Å². The molecule has 138 valence electrons. The second-order valence-corrected chi connectivity index (χ2v) is 7.77. The third-order valence-electron chi connectivity index (χ3n) is 4.81. The van der Waals surface area contributed by atoms with Crippen molar-refractivity contribution in [2.24, 2.45) is 0 Å². The Morgan fingerprint density at radius 2 is 1.64 bits per heavy atom. The number of carbonyl (C=O) groups is 2. The molecule has 1 fully saturated rings. The van der Waals surface area contributed by atoms with Gasteiger partial charge in [-0.05, 0) is 36.5 Å². The molecule has 1 saturated heterocycles. The Bertz CT molecular complexity index is 662. The minimum Gasteiger partial charge on any atom is -0.496 e. The summed E-state index contributed by atoms with van der Waals surface area (Å²) in [6.45, 7) is 12.5. The molecule has 5 nitrogen and oxygen atoms in total. The maximum atomic E-state index is 13.1. The molecule has 0 aliphatic carbocycles. The smallest absolute Gasteiger partial charge is 0.254 e. The summed E-state index contributed by atoms with van der Waals surface area (Å²) in [6, 6.07) is 3.93. The molecule has 0 aromatic heterocycles. The highest BCUT2D eigenvalue weighted by Gasteiger charge is 2.26. The second kappa shape index (κ2) is 7.46. The summed E-state index contributed by atoms with van der Waals surface area (Å²) >= 11 is 0. The van der Waals surface area contributed by atoms with Crippen LogP contribution in [-0.2, 0) is 10.2 Å². The fraction of sp³-hybridized carbons (Fsp3) is 0.600. The molecule has 1 aromatic rings. The topological polar surface area (TPSA) is 49.9 Å². The second-order valence-electron chi connectivity index (χ2n) is 7.77. The molecule has 0 atom stereocenters. The monoisotopic (exact) mass is 346 g/mol. The molecule has 1 aromatic carbocycles. The summed E-state index contributed by atoms with van der Waals surface area (Å²) in [7, 11) is 1.66. The first-order valence-corrected chi connectivity index (χ1v) is 8.89. The van der Waals surface area contributed by atoms with Crippen molar-refractivity contribution in [1.82, 2.24) is 9.80 Å². The Hall–Kier alpha value is -2.04. The number of aryl methyl sites for hydroxylation is 1. The lowest BCUT2D eigenvalue weighted by Gasteiger charge is -2.26. The first-order valence-electron chi connectivity index (χ1n) is 8.89. The van der Waals surface area contributed by atoms with Crippen LogP contribution in [0.2, 0.25) is 0 Å². The van der Waals surface area contributed by atoms with E-state index in [1.54, 1.807) is 14.0 Å². The normalized spacial score (nSPS) is 15.8. The molecule has 1 aliphatic heterocycles. The number of ether oxygens (including phenoxy) is 1. The van der Waals surface area contributed by atoms with E-state index in [-0.39, 0.29) is 17.2 Å². The molecule has 0 bridgehead atoms. The first kappa shape index (κ1) is 19.3. The van der Waals surface area contributed by atoms with Crippen LogP contribution in [-0.4, -0.2) is 54.9 Å². The van der Waals surface area contributed by atoms with Gasteiger partial charge in [0.25, 0.3) is 5.91 Å². The van der Waals surface area contributed by atoms with E-state index in [4.69, 9.17) is 4.74 Å². The van der Waals surface area contributed by atoms with Gasteiger partial charge >= 0.3 is 0 Å². The number of benzene rings is 1. The van der Waals surface area contributed by atoms with Gasteiger partial charge in [-0.3, -0.25) is 9.59 Å². The van der Waals surface area contributed by atoms with Gasteiger partial charge in [0.05, 0.1) is 7.11 Å². The molecule has 0 unspecified atom stereocenters. The van der Waals surface area contributed by atoms with Crippen LogP contribution in [0.5, 0.6) is 5.75 Å². The van der Waals surface area contributed by atoms with Gasteiger partial charge in [-0.15, -0.1) is 0 Å². The Kier molecular flexibility index (Phi) is 5.76. The fourth-order valence-corrected chi connectivity index (χ4v) is 3.27. The Morgan fingerprint density at radius 3 is 2.20 bits per heavy atom. The highest BCUT2D eigenvalue weighted by atomic mass is 16.5.